The van der Waals surface area contributed by atoms with Crippen molar-refractivity contribution >= 4 is 23.8 Å². The lowest BCUT2D eigenvalue weighted by Crippen LogP contribution is -2.27. The van der Waals surface area contributed by atoms with Crippen LogP contribution in [0.1, 0.15) is 12.8 Å². The van der Waals surface area contributed by atoms with Gasteiger partial charge in [-0.25, -0.2) is 0 Å². The Hall–Kier alpha value is -1.52. The molecule has 5 nitrogen and oxygen atoms in total. The molecule has 4 unspecified atom stereocenters. The number of carbonyl (C=O) groups is 4. The van der Waals surface area contributed by atoms with Gasteiger partial charge < -0.3 is 4.74 Å². The maximum Gasteiger partial charge on any atom is 0.311 e. The van der Waals surface area contributed by atoms with Gasteiger partial charge in [0, 0.05) is 12.3 Å². The van der Waals surface area contributed by atoms with E-state index in [1.54, 1.807) is 0 Å². The molecule has 1 saturated heterocycles. The molecule has 5 heteroatoms. The van der Waals surface area contributed by atoms with Crippen LogP contribution in [-0.2, 0) is 23.9 Å². The van der Waals surface area contributed by atoms with Crippen molar-refractivity contribution in [1.82, 2.24) is 0 Å². The van der Waals surface area contributed by atoms with Crippen LogP contribution >= 0.6 is 0 Å². The van der Waals surface area contributed by atoms with Gasteiger partial charge >= 0.3 is 5.97 Å². The molecular weight excluding hydrogens is 200 g/mol. The topological polar surface area (TPSA) is 77.5 Å². The fourth-order valence-electron chi connectivity index (χ4n) is 3.12. The summed E-state index contributed by atoms with van der Waals surface area (Å²) in [6.45, 7) is 0. The Morgan fingerprint density at radius 1 is 1.33 bits per heavy atom. The summed E-state index contributed by atoms with van der Waals surface area (Å²) in [6, 6.07) is 0. The Kier molecular flexibility index (Phi) is 1.37. The van der Waals surface area contributed by atoms with Gasteiger partial charge in [-0.1, -0.05) is 0 Å². The third-order valence-corrected chi connectivity index (χ3v) is 3.76. The van der Waals surface area contributed by atoms with E-state index >= 15 is 0 Å². The van der Waals surface area contributed by atoms with E-state index in [2.05, 4.69) is 0 Å². The van der Waals surface area contributed by atoms with Gasteiger partial charge in [-0.3, -0.25) is 19.2 Å². The molecule has 15 heavy (non-hydrogen) atoms. The zero-order valence-electron chi connectivity index (χ0n) is 7.76. The molecule has 0 radical (unpaired) electrons. The van der Waals surface area contributed by atoms with Gasteiger partial charge in [0.05, 0.1) is 17.8 Å². The van der Waals surface area contributed by atoms with Gasteiger partial charge in [0.2, 0.25) is 0 Å². The summed E-state index contributed by atoms with van der Waals surface area (Å²) >= 11 is 0. The number of esters is 1. The second-order valence-electron chi connectivity index (χ2n) is 4.40. The van der Waals surface area contributed by atoms with Crippen LogP contribution in [0, 0.1) is 17.3 Å². The smallest absolute Gasteiger partial charge is 0.311 e. The Balaban J connectivity index is 1.99. The Labute approximate surface area is 84.8 Å². The zero-order valence-corrected chi connectivity index (χ0v) is 7.76. The van der Waals surface area contributed by atoms with E-state index in [-0.39, 0.29) is 30.3 Å². The zero-order chi connectivity index (χ0) is 10.8. The van der Waals surface area contributed by atoms with Crippen molar-refractivity contribution in [3.63, 3.8) is 0 Å². The molecule has 2 saturated carbocycles. The predicted octanol–water partition coefficient (Wildman–Crippen LogP) is -0.725. The number of fused-ring (bicyclic) bond motifs is 3. The van der Waals surface area contributed by atoms with E-state index in [1.807, 2.05) is 0 Å². The van der Waals surface area contributed by atoms with Crippen LogP contribution in [0.3, 0.4) is 0 Å². The van der Waals surface area contributed by atoms with Crippen LogP contribution in [0.5, 0.6) is 0 Å². The van der Waals surface area contributed by atoms with Gasteiger partial charge in [0.25, 0.3) is 0 Å². The van der Waals surface area contributed by atoms with Crippen molar-refractivity contribution in [3.05, 3.63) is 0 Å². The number of carbonyl (C=O) groups excluding carboxylic acids is 4. The molecule has 0 N–H and O–H groups in total. The Bertz CT molecular complexity index is 412. The van der Waals surface area contributed by atoms with Crippen LogP contribution in [0.2, 0.25) is 0 Å². The molecule has 0 bridgehead atoms. The molecule has 2 aliphatic carbocycles. The summed E-state index contributed by atoms with van der Waals surface area (Å²) in [5.41, 5.74) is -0.863. The van der Waals surface area contributed by atoms with E-state index in [0.717, 1.165) is 0 Å². The third kappa shape index (κ3) is 0.797. The van der Waals surface area contributed by atoms with Crippen molar-refractivity contribution in [2.45, 2.75) is 18.9 Å². The molecule has 1 heterocycles. The summed E-state index contributed by atoms with van der Waals surface area (Å²) in [5.74, 6) is -1.73. The quantitative estimate of drug-likeness (QED) is 0.322. The summed E-state index contributed by atoms with van der Waals surface area (Å²) < 4.78 is 4.77. The molecule has 1 aliphatic heterocycles. The lowest BCUT2D eigenvalue weighted by atomic mass is 9.96. The third-order valence-electron chi connectivity index (χ3n) is 3.76. The Morgan fingerprint density at radius 3 is 2.60 bits per heavy atom. The highest BCUT2D eigenvalue weighted by atomic mass is 16.6. The van der Waals surface area contributed by atoms with Crippen molar-refractivity contribution in [1.29, 1.82) is 0 Å². The fourth-order valence-corrected chi connectivity index (χ4v) is 3.12. The molecule has 3 rings (SSSR count). The number of cyclic esters (lactones) is 1. The minimum Gasteiger partial charge on any atom is -0.454 e. The highest BCUT2D eigenvalue weighted by Crippen LogP contribution is 2.69. The molecule has 0 aromatic rings. The minimum absolute atomic E-state index is 0.0914. The summed E-state index contributed by atoms with van der Waals surface area (Å²) in [4.78, 5) is 44.8. The first-order valence-electron chi connectivity index (χ1n) is 4.82. The number of aldehydes is 1. The van der Waals surface area contributed by atoms with Gasteiger partial charge in [-0.15, -0.1) is 0 Å². The molecule has 0 aromatic heterocycles. The van der Waals surface area contributed by atoms with Gasteiger partial charge in [-0.05, 0) is 0 Å². The van der Waals surface area contributed by atoms with Crippen LogP contribution in [0.4, 0.5) is 0 Å². The average Bonchev–Trinajstić information content (AvgIpc) is 2.55. The van der Waals surface area contributed by atoms with E-state index < -0.39 is 23.4 Å². The highest BCUT2D eigenvalue weighted by molar-refractivity contribution is 6.14. The van der Waals surface area contributed by atoms with Crippen LogP contribution < -0.4 is 0 Å². The fraction of sp³-hybridized carbons (Fsp3) is 0.600. The number of hydrogen-bond donors (Lipinski definition) is 0. The number of Topliss-reactive ketones (excluding diaryl/α,β-unsaturated/α-hetero) is 2. The number of rotatable bonds is 1. The first-order chi connectivity index (χ1) is 7.11. The van der Waals surface area contributed by atoms with E-state index in [0.29, 0.717) is 6.29 Å². The molecule has 78 valence electrons. The molecule has 3 fully saturated rings. The maximum absolute atomic E-state index is 11.6. The molecule has 3 aliphatic rings. The first kappa shape index (κ1) is 8.76. The van der Waals surface area contributed by atoms with Gasteiger partial charge in [0.1, 0.15) is 11.6 Å². The van der Waals surface area contributed by atoms with Gasteiger partial charge in [0.15, 0.2) is 12.4 Å². The predicted molar refractivity (Wildman–Crippen MR) is 44.6 cm³/mol. The van der Waals surface area contributed by atoms with E-state index in [1.165, 1.54) is 0 Å². The Morgan fingerprint density at radius 2 is 2.07 bits per heavy atom. The summed E-state index contributed by atoms with van der Waals surface area (Å²) in [6.07, 6.45) is -0.253. The summed E-state index contributed by atoms with van der Waals surface area (Å²) in [5, 5.41) is 0. The van der Waals surface area contributed by atoms with Crippen molar-refractivity contribution in [3.8, 4) is 0 Å². The van der Waals surface area contributed by atoms with Crippen LogP contribution in [0.25, 0.3) is 0 Å². The lowest BCUT2D eigenvalue weighted by molar-refractivity contribution is -0.152. The lowest BCUT2D eigenvalue weighted by Gasteiger charge is -2.14. The van der Waals surface area contributed by atoms with E-state index in [4.69, 9.17) is 4.74 Å². The standard InChI is InChI=1S/C10H8O5/c11-3-5-7-8(9(14)15-5)10(7)2-4(12)1-6(10)13/h3,5,7-8H,1-2H2. The van der Waals surface area contributed by atoms with Crippen LogP contribution in [0.15, 0.2) is 0 Å². The minimum atomic E-state index is -0.863. The molecule has 1 spiro atoms. The van der Waals surface area contributed by atoms with Crippen molar-refractivity contribution in [2.24, 2.45) is 17.3 Å². The molecular formula is C10H8O5. The normalized spacial score (nSPS) is 46.9. The monoisotopic (exact) mass is 208 g/mol. The number of hydrogen-bond acceptors (Lipinski definition) is 5. The average molecular weight is 208 g/mol. The number of ether oxygens (including phenoxy) is 1. The SMILES string of the molecule is O=CC1OC(=O)C2C1C21CC(=O)CC1=O. The highest BCUT2D eigenvalue weighted by Gasteiger charge is 2.81. The molecule has 0 aromatic carbocycles. The van der Waals surface area contributed by atoms with Gasteiger partial charge in [-0.2, -0.15) is 0 Å². The largest absolute Gasteiger partial charge is 0.454 e. The second-order valence-corrected chi connectivity index (χ2v) is 4.40. The van der Waals surface area contributed by atoms with Crippen molar-refractivity contribution < 1.29 is 23.9 Å². The summed E-state index contributed by atoms with van der Waals surface area (Å²) in [7, 11) is 0. The number of ketones is 2. The second kappa shape index (κ2) is 2.35. The molecule has 0 amide bonds. The first-order valence-corrected chi connectivity index (χ1v) is 4.82. The van der Waals surface area contributed by atoms with Crippen molar-refractivity contribution in [2.75, 3.05) is 0 Å². The maximum atomic E-state index is 11.6. The van der Waals surface area contributed by atoms with Crippen LogP contribution in [-0.4, -0.2) is 29.9 Å². The molecule has 4 atom stereocenters. The van der Waals surface area contributed by atoms with E-state index in [9.17, 15) is 19.2 Å².